The van der Waals surface area contributed by atoms with E-state index in [0.29, 0.717) is 0 Å². The fraction of sp³-hybridized carbons (Fsp3) is 0.500. The minimum atomic E-state index is 0.790. The Balaban J connectivity index is 1.85. The third-order valence-corrected chi connectivity index (χ3v) is 3.78. The van der Waals surface area contributed by atoms with Gasteiger partial charge >= 0.3 is 0 Å². The van der Waals surface area contributed by atoms with Crippen LogP contribution in [0.15, 0.2) is 15.6 Å². The minimum Gasteiger partial charge on any atom is -0.445 e. The summed E-state index contributed by atoms with van der Waals surface area (Å²) in [4.78, 5) is 8.46. The molecule has 0 N–H and O–H groups in total. The Hall–Kier alpha value is -0.420. The van der Waals surface area contributed by atoms with E-state index in [-0.39, 0.29) is 0 Å². The van der Waals surface area contributed by atoms with E-state index in [9.17, 15) is 0 Å². The molecule has 0 radical (unpaired) electrons. The number of aromatic nitrogens is 1. The van der Waals surface area contributed by atoms with Gasteiger partial charge < -0.3 is 4.42 Å². The number of aryl methyl sites for hydroxylation is 1. The molecule has 1 aromatic heterocycles. The quantitative estimate of drug-likeness (QED) is 0.757. The molecule has 2 heterocycles. The second kappa shape index (κ2) is 4.19. The Morgan fingerprint density at radius 3 is 3.23 bits per heavy atom. The minimum absolute atomic E-state index is 0.790. The summed E-state index contributed by atoms with van der Waals surface area (Å²) in [7, 11) is 0. The molecule has 0 amide bonds. The van der Waals surface area contributed by atoms with Crippen LogP contribution >= 0.6 is 23.5 Å². The lowest BCUT2D eigenvalue weighted by atomic mass is 10.6. The van der Waals surface area contributed by atoms with Crippen LogP contribution in [-0.2, 0) is 5.75 Å². The van der Waals surface area contributed by atoms with Gasteiger partial charge in [0.1, 0.15) is 10.1 Å². The molecule has 0 spiro atoms. The molecule has 1 aliphatic heterocycles. The summed E-state index contributed by atoms with van der Waals surface area (Å²) in [6.07, 6.45) is 1.75. The van der Waals surface area contributed by atoms with Crippen LogP contribution in [0.4, 0.5) is 0 Å². The van der Waals surface area contributed by atoms with E-state index in [1.807, 2.05) is 18.7 Å². The third-order valence-electron chi connectivity index (χ3n) is 1.55. The highest BCUT2D eigenvalue weighted by Crippen LogP contribution is 2.24. The molecule has 13 heavy (non-hydrogen) atoms. The highest BCUT2D eigenvalue weighted by molar-refractivity contribution is 8.38. The van der Waals surface area contributed by atoms with Crippen LogP contribution in [0.1, 0.15) is 11.7 Å². The summed E-state index contributed by atoms with van der Waals surface area (Å²) in [5.74, 6) is 3.57. The first kappa shape index (κ1) is 9.15. The van der Waals surface area contributed by atoms with Crippen LogP contribution in [0.2, 0.25) is 0 Å². The fourth-order valence-electron chi connectivity index (χ4n) is 0.994. The Labute approximate surface area is 85.4 Å². The van der Waals surface area contributed by atoms with Gasteiger partial charge in [-0.05, 0) is 6.92 Å². The number of oxazole rings is 1. The molecule has 5 heteroatoms. The van der Waals surface area contributed by atoms with Gasteiger partial charge in [0.05, 0.1) is 18.5 Å². The van der Waals surface area contributed by atoms with Crippen LogP contribution in [0.3, 0.4) is 0 Å². The molecule has 1 aliphatic rings. The molecular weight excluding hydrogens is 204 g/mol. The maximum atomic E-state index is 5.35. The summed E-state index contributed by atoms with van der Waals surface area (Å²) < 4.78 is 6.51. The molecule has 0 fully saturated rings. The van der Waals surface area contributed by atoms with Gasteiger partial charge in [0.25, 0.3) is 0 Å². The van der Waals surface area contributed by atoms with Crippen molar-refractivity contribution >= 4 is 27.9 Å². The van der Waals surface area contributed by atoms with Crippen LogP contribution in [0.5, 0.6) is 0 Å². The van der Waals surface area contributed by atoms with Crippen molar-refractivity contribution in [2.75, 3.05) is 12.3 Å². The molecular formula is C8H10N2OS2. The molecule has 1 aromatic rings. The fourth-order valence-corrected chi connectivity index (χ4v) is 2.86. The molecule has 2 rings (SSSR count). The van der Waals surface area contributed by atoms with E-state index in [1.165, 1.54) is 0 Å². The van der Waals surface area contributed by atoms with Crippen LogP contribution in [0.25, 0.3) is 0 Å². The average Bonchev–Trinajstić information content (AvgIpc) is 2.71. The summed E-state index contributed by atoms with van der Waals surface area (Å²) in [6, 6.07) is 0. The number of hydrogen-bond acceptors (Lipinski definition) is 5. The molecule has 0 saturated carbocycles. The van der Waals surface area contributed by atoms with Crippen molar-refractivity contribution in [1.82, 2.24) is 4.98 Å². The van der Waals surface area contributed by atoms with Gasteiger partial charge in [-0.25, -0.2) is 4.98 Å². The van der Waals surface area contributed by atoms with E-state index in [0.717, 1.165) is 34.1 Å². The molecule has 0 bridgehead atoms. The van der Waals surface area contributed by atoms with Crippen LogP contribution in [0, 0.1) is 6.92 Å². The Morgan fingerprint density at radius 1 is 1.69 bits per heavy atom. The molecule has 0 unspecified atom stereocenters. The van der Waals surface area contributed by atoms with E-state index >= 15 is 0 Å². The Bertz CT molecular complexity index is 322. The number of thioether (sulfide) groups is 2. The van der Waals surface area contributed by atoms with Gasteiger partial charge in [-0.15, -0.1) is 0 Å². The molecule has 3 nitrogen and oxygen atoms in total. The summed E-state index contributed by atoms with van der Waals surface area (Å²) in [5.41, 5.74) is 0. The Morgan fingerprint density at radius 2 is 2.62 bits per heavy atom. The lowest BCUT2D eigenvalue weighted by Crippen LogP contribution is -1.84. The summed E-state index contributed by atoms with van der Waals surface area (Å²) in [5, 5.41) is 0. The number of rotatable bonds is 2. The zero-order chi connectivity index (χ0) is 9.10. The number of hydrogen-bond donors (Lipinski definition) is 0. The zero-order valence-electron chi connectivity index (χ0n) is 7.32. The second-order valence-corrected chi connectivity index (χ2v) is 4.96. The number of nitrogens with zero attached hydrogens (tertiary/aromatic N) is 2. The van der Waals surface area contributed by atoms with Gasteiger partial charge in [0, 0.05) is 5.75 Å². The van der Waals surface area contributed by atoms with Crippen molar-refractivity contribution in [2.45, 2.75) is 12.7 Å². The first-order valence-corrected chi connectivity index (χ1v) is 6.03. The first-order chi connectivity index (χ1) is 6.34. The van der Waals surface area contributed by atoms with Crippen LogP contribution in [-0.4, -0.2) is 21.7 Å². The lowest BCUT2D eigenvalue weighted by molar-refractivity contribution is 0.491. The topological polar surface area (TPSA) is 38.4 Å². The van der Waals surface area contributed by atoms with Crippen molar-refractivity contribution in [3.05, 3.63) is 17.8 Å². The normalized spacial score (nSPS) is 16.2. The van der Waals surface area contributed by atoms with E-state index in [4.69, 9.17) is 4.42 Å². The molecule has 0 saturated heterocycles. The van der Waals surface area contributed by atoms with Gasteiger partial charge in [-0.3, -0.25) is 4.99 Å². The van der Waals surface area contributed by atoms with Gasteiger partial charge in [-0.2, -0.15) is 0 Å². The largest absolute Gasteiger partial charge is 0.445 e. The second-order valence-electron chi connectivity index (χ2n) is 2.65. The highest BCUT2D eigenvalue weighted by atomic mass is 32.2. The van der Waals surface area contributed by atoms with Crippen molar-refractivity contribution < 1.29 is 4.42 Å². The zero-order valence-corrected chi connectivity index (χ0v) is 8.95. The van der Waals surface area contributed by atoms with E-state index < -0.39 is 0 Å². The van der Waals surface area contributed by atoms with Crippen molar-refractivity contribution in [2.24, 2.45) is 4.99 Å². The smallest absolute Gasteiger partial charge is 0.204 e. The highest BCUT2D eigenvalue weighted by Gasteiger charge is 2.09. The predicted molar refractivity (Wildman–Crippen MR) is 57.3 cm³/mol. The maximum absolute atomic E-state index is 5.35. The van der Waals surface area contributed by atoms with Gasteiger partial charge in [0.15, 0.2) is 0 Å². The Kier molecular flexibility index (Phi) is 2.95. The van der Waals surface area contributed by atoms with Crippen molar-refractivity contribution in [1.29, 1.82) is 0 Å². The predicted octanol–water partition coefficient (Wildman–Crippen LogP) is 2.32. The van der Waals surface area contributed by atoms with E-state index in [1.54, 1.807) is 18.0 Å². The molecule has 0 atom stereocenters. The standard InChI is InChI=1S/C8H10N2OS2/c1-6-4-10-7(11-6)5-13-8-9-2-3-12-8/h4H,2-3,5H2,1H3. The summed E-state index contributed by atoms with van der Waals surface area (Å²) >= 11 is 3.52. The van der Waals surface area contributed by atoms with Crippen LogP contribution < -0.4 is 0 Å². The maximum Gasteiger partial charge on any atom is 0.204 e. The number of aliphatic imine (C=N–C) groups is 1. The average molecular weight is 214 g/mol. The van der Waals surface area contributed by atoms with Crippen molar-refractivity contribution in [3.8, 4) is 0 Å². The van der Waals surface area contributed by atoms with Gasteiger partial charge in [0.2, 0.25) is 5.89 Å². The lowest BCUT2D eigenvalue weighted by Gasteiger charge is -1.94. The SMILES string of the molecule is Cc1cnc(CSC2=NCCS2)o1. The van der Waals surface area contributed by atoms with Crippen molar-refractivity contribution in [3.63, 3.8) is 0 Å². The summed E-state index contributed by atoms with van der Waals surface area (Å²) in [6.45, 7) is 2.86. The molecule has 0 aromatic carbocycles. The molecule has 0 aliphatic carbocycles. The van der Waals surface area contributed by atoms with E-state index in [2.05, 4.69) is 9.98 Å². The third kappa shape index (κ3) is 2.51. The monoisotopic (exact) mass is 214 g/mol. The van der Waals surface area contributed by atoms with Gasteiger partial charge in [-0.1, -0.05) is 23.5 Å². The molecule has 70 valence electrons. The first-order valence-electron chi connectivity index (χ1n) is 4.06.